The van der Waals surface area contributed by atoms with Gasteiger partial charge in [0.05, 0.1) is 25.9 Å². The molecule has 0 bridgehead atoms. The second kappa shape index (κ2) is 7.78. The molecule has 1 atom stereocenters. The summed E-state index contributed by atoms with van der Waals surface area (Å²) < 4.78 is 10.7. The highest BCUT2D eigenvalue weighted by Crippen LogP contribution is 2.28. The third-order valence-electron chi connectivity index (χ3n) is 3.68. The lowest BCUT2D eigenvalue weighted by Crippen LogP contribution is -2.36. The van der Waals surface area contributed by atoms with E-state index >= 15 is 0 Å². The first-order valence-corrected chi connectivity index (χ1v) is 7.75. The van der Waals surface area contributed by atoms with Gasteiger partial charge in [-0.3, -0.25) is 4.90 Å². The molecule has 0 heterocycles. The number of hydrogen-bond donors (Lipinski definition) is 1. The molecule has 0 saturated heterocycles. The summed E-state index contributed by atoms with van der Waals surface area (Å²) in [4.78, 5) is 2.36. The van der Waals surface area contributed by atoms with E-state index in [1.807, 2.05) is 26.0 Å². The zero-order valence-electron chi connectivity index (χ0n) is 13.3. The summed E-state index contributed by atoms with van der Waals surface area (Å²) in [5.74, 6) is 0.877. The van der Waals surface area contributed by atoms with Crippen LogP contribution in [0.4, 0.5) is 0 Å². The van der Waals surface area contributed by atoms with Crippen LogP contribution in [0.15, 0.2) is 24.3 Å². The fraction of sp³-hybridized carbons (Fsp3) is 0.647. The molecule has 0 aromatic heterocycles. The minimum atomic E-state index is -0.425. The Morgan fingerprint density at radius 1 is 1.24 bits per heavy atom. The van der Waals surface area contributed by atoms with E-state index in [0.29, 0.717) is 19.2 Å². The Kier molecular flexibility index (Phi) is 6.03. The molecule has 4 heteroatoms. The van der Waals surface area contributed by atoms with E-state index in [4.69, 9.17) is 9.47 Å². The molecule has 0 radical (unpaired) electrons. The molecule has 21 heavy (non-hydrogen) atoms. The van der Waals surface area contributed by atoms with Gasteiger partial charge < -0.3 is 14.6 Å². The zero-order valence-corrected chi connectivity index (χ0v) is 13.3. The number of aliphatic hydroxyl groups is 1. The van der Waals surface area contributed by atoms with Gasteiger partial charge >= 0.3 is 0 Å². The van der Waals surface area contributed by atoms with Crippen molar-refractivity contribution in [1.82, 2.24) is 4.90 Å². The van der Waals surface area contributed by atoms with Crippen LogP contribution in [0, 0.1) is 0 Å². The highest BCUT2D eigenvalue weighted by Gasteiger charge is 2.30. The quantitative estimate of drug-likeness (QED) is 0.759. The SMILES string of the molecule is COc1ccc(CN(C[C@@H](O)COC(C)C)C2CC2)cc1. The monoisotopic (exact) mass is 293 g/mol. The van der Waals surface area contributed by atoms with Gasteiger partial charge in [0.15, 0.2) is 0 Å². The summed E-state index contributed by atoms with van der Waals surface area (Å²) in [6, 6.07) is 8.76. The van der Waals surface area contributed by atoms with Crippen molar-refractivity contribution in [1.29, 1.82) is 0 Å². The van der Waals surface area contributed by atoms with Gasteiger partial charge in [0.2, 0.25) is 0 Å². The maximum atomic E-state index is 10.1. The Morgan fingerprint density at radius 2 is 1.90 bits per heavy atom. The molecule has 0 amide bonds. The molecule has 2 rings (SSSR count). The minimum absolute atomic E-state index is 0.163. The Bertz CT molecular complexity index is 415. The van der Waals surface area contributed by atoms with Gasteiger partial charge in [-0.2, -0.15) is 0 Å². The molecule has 1 N–H and O–H groups in total. The maximum absolute atomic E-state index is 10.1. The maximum Gasteiger partial charge on any atom is 0.118 e. The number of methoxy groups -OCH3 is 1. The van der Waals surface area contributed by atoms with Gasteiger partial charge in [0, 0.05) is 19.1 Å². The summed E-state index contributed by atoms with van der Waals surface area (Å²) in [6.07, 6.45) is 2.20. The molecule has 1 aliphatic carbocycles. The molecule has 4 nitrogen and oxygen atoms in total. The predicted molar refractivity (Wildman–Crippen MR) is 83.5 cm³/mol. The lowest BCUT2D eigenvalue weighted by atomic mass is 10.2. The van der Waals surface area contributed by atoms with Crippen LogP contribution in [0.2, 0.25) is 0 Å². The zero-order chi connectivity index (χ0) is 15.2. The fourth-order valence-corrected chi connectivity index (χ4v) is 2.37. The average Bonchev–Trinajstić information content (AvgIpc) is 3.30. The van der Waals surface area contributed by atoms with Crippen LogP contribution in [-0.2, 0) is 11.3 Å². The van der Waals surface area contributed by atoms with Crippen molar-refractivity contribution in [2.75, 3.05) is 20.3 Å². The normalized spacial score (nSPS) is 16.5. The second-order valence-corrected chi connectivity index (χ2v) is 6.04. The van der Waals surface area contributed by atoms with E-state index in [2.05, 4.69) is 17.0 Å². The predicted octanol–water partition coefficient (Wildman–Crippen LogP) is 2.45. The van der Waals surface area contributed by atoms with Crippen LogP contribution in [0.5, 0.6) is 5.75 Å². The standard InChI is InChI=1S/C17H27NO3/c1-13(2)21-12-16(19)11-18(15-6-7-15)10-14-4-8-17(20-3)9-5-14/h4-5,8-9,13,15-16,19H,6-7,10-12H2,1-3H3/t16-/m1/s1. The van der Waals surface area contributed by atoms with Crippen LogP contribution in [0.3, 0.4) is 0 Å². The third-order valence-corrected chi connectivity index (χ3v) is 3.68. The number of rotatable bonds is 9. The largest absolute Gasteiger partial charge is 0.497 e. The number of nitrogens with zero attached hydrogens (tertiary/aromatic N) is 1. The molecule has 1 aromatic carbocycles. The van der Waals surface area contributed by atoms with E-state index < -0.39 is 6.10 Å². The van der Waals surface area contributed by atoms with Crippen molar-refractivity contribution in [3.63, 3.8) is 0 Å². The summed E-state index contributed by atoms with van der Waals surface area (Å²) >= 11 is 0. The van der Waals surface area contributed by atoms with Crippen molar-refractivity contribution < 1.29 is 14.6 Å². The molecule has 118 valence electrons. The van der Waals surface area contributed by atoms with Crippen molar-refractivity contribution >= 4 is 0 Å². The molecule has 1 aliphatic rings. The second-order valence-electron chi connectivity index (χ2n) is 6.04. The van der Waals surface area contributed by atoms with Gasteiger partial charge in [0.25, 0.3) is 0 Å². The van der Waals surface area contributed by atoms with Crippen LogP contribution < -0.4 is 4.74 Å². The van der Waals surface area contributed by atoms with E-state index in [-0.39, 0.29) is 6.10 Å². The summed E-state index contributed by atoms with van der Waals surface area (Å²) in [5, 5.41) is 10.1. The lowest BCUT2D eigenvalue weighted by Gasteiger charge is -2.25. The highest BCUT2D eigenvalue weighted by molar-refractivity contribution is 5.27. The summed E-state index contributed by atoms with van der Waals surface area (Å²) in [6.45, 7) is 5.92. The minimum Gasteiger partial charge on any atom is -0.497 e. The Hall–Kier alpha value is -1.10. The van der Waals surface area contributed by atoms with Gasteiger partial charge in [-0.25, -0.2) is 0 Å². The summed E-state index contributed by atoms with van der Waals surface area (Å²) in [5.41, 5.74) is 1.25. The van der Waals surface area contributed by atoms with Crippen molar-refractivity contribution in [3.05, 3.63) is 29.8 Å². The smallest absolute Gasteiger partial charge is 0.118 e. The van der Waals surface area contributed by atoms with Gasteiger partial charge in [0.1, 0.15) is 5.75 Å². The molecule has 1 saturated carbocycles. The van der Waals surface area contributed by atoms with Crippen LogP contribution in [0.25, 0.3) is 0 Å². The summed E-state index contributed by atoms with van der Waals surface area (Å²) in [7, 11) is 1.68. The first kappa shape index (κ1) is 16.3. The Morgan fingerprint density at radius 3 is 2.43 bits per heavy atom. The van der Waals surface area contributed by atoms with Crippen molar-refractivity contribution in [3.8, 4) is 5.75 Å². The molecule has 0 spiro atoms. The van der Waals surface area contributed by atoms with Crippen molar-refractivity contribution in [2.24, 2.45) is 0 Å². The van der Waals surface area contributed by atoms with Gasteiger partial charge in [-0.1, -0.05) is 12.1 Å². The van der Waals surface area contributed by atoms with E-state index in [1.165, 1.54) is 18.4 Å². The number of benzene rings is 1. The number of ether oxygens (including phenoxy) is 2. The first-order valence-electron chi connectivity index (χ1n) is 7.75. The molecule has 0 aliphatic heterocycles. The molecule has 0 unspecified atom stereocenters. The molecular formula is C17H27NO3. The first-order chi connectivity index (χ1) is 10.1. The van der Waals surface area contributed by atoms with Crippen LogP contribution >= 0.6 is 0 Å². The molecular weight excluding hydrogens is 266 g/mol. The molecule has 1 aromatic rings. The Labute approximate surface area is 127 Å². The number of aliphatic hydroxyl groups excluding tert-OH is 1. The highest BCUT2D eigenvalue weighted by atomic mass is 16.5. The average molecular weight is 293 g/mol. The van der Waals surface area contributed by atoms with E-state index in [9.17, 15) is 5.11 Å². The van der Waals surface area contributed by atoms with E-state index in [1.54, 1.807) is 7.11 Å². The molecule has 1 fully saturated rings. The van der Waals surface area contributed by atoms with Crippen LogP contribution in [-0.4, -0.2) is 48.5 Å². The van der Waals surface area contributed by atoms with Gasteiger partial charge in [-0.15, -0.1) is 0 Å². The topological polar surface area (TPSA) is 41.9 Å². The lowest BCUT2D eigenvalue weighted by molar-refractivity contribution is -0.0107. The van der Waals surface area contributed by atoms with E-state index in [0.717, 1.165) is 12.3 Å². The number of hydrogen-bond acceptors (Lipinski definition) is 4. The van der Waals surface area contributed by atoms with Crippen molar-refractivity contribution in [2.45, 2.75) is 51.5 Å². The fourth-order valence-electron chi connectivity index (χ4n) is 2.37. The van der Waals surface area contributed by atoms with Gasteiger partial charge in [-0.05, 0) is 44.4 Å². The Balaban J connectivity index is 1.86. The van der Waals surface area contributed by atoms with Crippen LogP contribution in [0.1, 0.15) is 32.3 Å². The third kappa shape index (κ3) is 5.65.